The molecule has 186 valence electrons. The molecule has 1 spiro atoms. The van der Waals surface area contributed by atoms with Crippen molar-refractivity contribution in [3.05, 3.63) is 71.3 Å². The fraction of sp³-hybridized carbons (Fsp3) is 0.308. The Balaban J connectivity index is 1.49. The predicted molar refractivity (Wildman–Crippen MR) is 130 cm³/mol. The summed E-state index contributed by atoms with van der Waals surface area (Å²) in [5.74, 6) is -0.947. The number of ether oxygens (including phenoxy) is 1. The monoisotopic (exact) mass is 491 g/mol. The lowest BCUT2D eigenvalue weighted by atomic mass is 9.80. The Morgan fingerprint density at radius 2 is 1.94 bits per heavy atom. The maximum absolute atomic E-state index is 14.5. The minimum Gasteiger partial charge on any atom is -0.389 e. The van der Waals surface area contributed by atoms with Crippen molar-refractivity contribution in [3.8, 4) is 11.1 Å². The van der Waals surface area contributed by atoms with Crippen LogP contribution in [0.5, 0.6) is 0 Å². The van der Waals surface area contributed by atoms with Crippen LogP contribution in [0.25, 0.3) is 11.1 Å². The molecule has 1 fully saturated rings. The predicted octanol–water partition coefficient (Wildman–Crippen LogP) is 2.31. The number of rotatable bonds is 6. The Kier molecular flexibility index (Phi) is 5.93. The highest BCUT2D eigenvalue weighted by Gasteiger charge is 2.49. The van der Waals surface area contributed by atoms with Gasteiger partial charge in [-0.2, -0.15) is 0 Å². The molecular weight excluding hydrogens is 465 g/mol. The first-order valence-electron chi connectivity index (χ1n) is 11.5. The molecule has 2 aliphatic heterocycles. The van der Waals surface area contributed by atoms with E-state index in [4.69, 9.17) is 10.5 Å². The van der Waals surface area contributed by atoms with Gasteiger partial charge in [0, 0.05) is 48.4 Å². The molecule has 3 N–H and O–H groups in total. The third-order valence-corrected chi connectivity index (χ3v) is 6.73. The van der Waals surface area contributed by atoms with Gasteiger partial charge < -0.3 is 25.4 Å². The zero-order valence-corrected chi connectivity index (χ0v) is 19.9. The van der Waals surface area contributed by atoms with Gasteiger partial charge in [-0.3, -0.25) is 9.59 Å². The van der Waals surface area contributed by atoms with Crippen molar-refractivity contribution >= 4 is 23.5 Å². The van der Waals surface area contributed by atoms with Crippen molar-refractivity contribution in [2.24, 2.45) is 5.73 Å². The van der Waals surface area contributed by atoms with Crippen LogP contribution in [0.2, 0.25) is 0 Å². The highest BCUT2D eigenvalue weighted by Crippen LogP contribution is 2.48. The van der Waals surface area contributed by atoms with Crippen LogP contribution in [0.3, 0.4) is 0 Å². The molecule has 0 bridgehead atoms. The number of carbonyl (C=O) groups is 2. The van der Waals surface area contributed by atoms with E-state index in [9.17, 15) is 19.1 Å². The third-order valence-electron chi connectivity index (χ3n) is 6.73. The third kappa shape index (κ3) is 4.08. The number of halogens is 1. The Hall–Kier alpha value is -3.89. The van der Waals surface area contributed by atoms with Crippen LogP contribution < -0.4 is 10.6 Å². The molecule has 0 radical (unpaired) electrons. The first-order chi connectivity index (χ1) is 17.2. The van der Waals surface area contributed by atoms with Gasteiger partial charge in [0.25, 0.3) is 5.91 Å². The summed E-state index contributed by atoms with van der Waals surface area (Å²) in [5.41, 5.74) is 8.62. The number of benzene rings is 2. The van der Waals surface area contributed by atoms with Gasteiger partial charge in [0.2, 0.25) is 11.9 Å². The number of aliphatic hydroxyl groups excluding tert-OH is 1. The molecule has 9 nitrogen and oxygen atoms in total. The average molecular weight is 492 g/mol. The van der Waals surface area contributed by atoms with Crippen LogP contribution in [0.15, 0.2) is 48.8 Å². The molecule has 3 heterocycles. The second kappa shape index (κ2) is 8.96. The number of aromatic nitrogens is 2. The van der Waals surface area contributed by atoms with Crippen molar-refractivity contribution in [1.82, 2.24) is 14.9 Å². The molecule has 1 saturated heterocycles. The fourth-order valence-electron chi connectivity index (χ4n) is 4.73. The van der Waals surface area contributed by atoms with Crippen LogP contribution in [-0.4, -0.2) is 65.1 Å². The number of nitrogens with two attached hydrogens (primary N) is 1. The molecule has 2 aliphatic rings. The molecule has 0 aliphatic carbocycles. The maximum Gasteiger partial charge on any atom is 0.254 e. The van der Waals surface area contributed by atoms with Crippen molar-refractivity contribution in [1.29, 1.82) is 0 Å². The number of hydrogen-bond acceptors (Lipinski definition) is 7. The van der Waals surface area contributed by atoms with Gasteiger partial charge >= 0.3 is 0 Å². The Labute approximate surface area is 207 Å². The fourth-order valence-corrected chi connectivity index (χ4v) is 4.73. The van der Waals surface area contributed by atoms with Crippen LogP contribution in [0.4, 0.5) is 16.0 Å². The normalized spacial score (nSPS) is 16.4. The quantitative estimate of drug-likeness (QED) is 0.543. The minimum atomic E-state index is -0.731. The molecule has 3 aromatic rings. The van der Waals surface area contributed by atoms with Crippen molar-refractivity contribution in [3.63, 3.8) is 0 Å². The number of nitrogens with zero attached hydrogens (tertiary/aromatic N) is 4. The van der Waals surface area contributed by atoms with E-state index >= 15 is 0 Å². The molecule has 0 saturated carbocycles. The molecule has 2 aromatic carbocycles. The van der Waals surface area contributed by atoms with Crippen molar-refractivity contribution in [2.45, 2.75) is 18.4 Å². The van der Waals surface area contributed by atoms with Gasteiger partial charge in [0.05, 0.1) is 31.3 Å². The van der Waals surface area contributed by atoms with Crippen LogP contribution >= 0.6 is 0 Å². The molecule has 5 rings (SSSR count). The van der Waals surface area contributed by atoms with E-state index in [0.29, 0.717) is 48.0 Å². The Morgan fingerprint density at radius 1 is 1.22 bits per heavy atom. The van der Waals surface area contributed by atoms with Crippen molar-refractivity contribution < 1.29 is 23.8 Å². The summed E-state index contributed by atoms with van der Waals surface area (Å²) in [6.07, 6.45) is 2.36. The second-order valence-corrected chi connectivity index (χ2v) is 9.41. The zero-order valence-electron chi connectivity index (χ0n) is 19.9. The zero-order chi connectivity index (χ0) is 25.6. The molecule has 2 amide bonds. The highest BCUT2D eigenvalue weighted by molar-refractivity contribution is 5.97. The van der Waals surface area contributed by atoms with Gasteiger partial charge in [-0.1, -0.05) is 12.1 Å². The highest BCUT2D eigenvalue weighted by atomic mass is 19.1. The largest absolute Gasteiger partial charge is 0.389 e. The Bertz CT molecular complexity index is 1340. The summed E-state index contributed by atoms with van der Waals surface area (Å²) >= 11 is 0. The number of fused-ring (bicyclic) bond motifs is 2. The molecule has 10 heteroatoms. The van der Waals surface area contributed by atoms with Gasteiger partial charge in [-0.25, -0.2) is 14.4 Å². The summed E-state index contributed by atoms with van der Waals surface area (Å²) < 4.78 is 20.0. The van der Waals surface area contributed by atoms with Gasteiger partial charge in [-0.05, 0) is 42.3 Å². The topological polar surface area (TPSA) is 122 Å². The average Bonchev–Trinajstić information content (AvgIpc) is 3.19. The minimum absolute atomic E-state index is 0.186. The number of hydrogen-bond donors (Lipinski definition) is 2. The molecular formula is C26H26FN5O4. The second-order valence-electron chi connectivity index (χ2n) is 9.41. The van der Waals surface area contributed by atoms with E-state index in [-0.39, 0.29) is 17.9 Å². The molecule has 36 heavy (non-hydrogen) atoms. The number of aliphatic hydroxyl groups is 1. The van der Waals surface area contributed by atoms with E-state index in [1.807, 2.05) is 11.0 Å². The van der Waals surface area contributed by atoms with E-state index in [0.717, 1.165) is 11.3 Å². The maximum atomic E-state index is 14.5. The number of likely N-dealkylation sites (N-methyl/N-ethyl adjacent to an activating group) is 1. The standard InChI is InChI=1S/C26H26FN5O4/c1-15(33)16-4-6-21(27)19(7-16)18-9-29-25(30-10-18)32-12-26(13-36-14-26)20-5-3-17(8-22(20)32)24(35)31(2)11-23(28)34/h3-10,15,33H,11-14H2,1-2H3,(H2,28,34). The van der Waals surface area contributed by atoms with E-state index in [1.165, 1.54) is 18.0 Å². The lowest BCUT2D eigenvalue weighted by Gasteiger charge is -2.38. The summed E-state index contributed by atoms with van der Waals surface area (Å²) in [6, 6.07) is 9.87. The Morgan fingerprint density at radius 3 is 2.56 bits per heavy atom. The molecule has 1 aromatic heterocycles. The summed E-state index contributed by atoms with van der Waals surface area (Å²) in [5, 5.41) is 9.86. The SMILES string of the molecule is CC(O)c1ccc(F)c(-c2cnc(N3CC4(COC4)c4ccc(C(=O)N(C)CC(N)=O)cc43)nc2)c1. The first kappa shape index (κ1) is 23.8. The van der Waals surface area contributed by atoms with Gasteiger partial charge in [0.15, 0.2) is 0 Å². The van der Waals surface area contributed by atoms with Crippen LogP contribution in [0, 0.1) is 5.82 Å². The van der Waals surface area contributed by atoms with Gasteiger partial charge in [0.1, 0.15) is 5.82 Å². The first-order valence-corrected chi connectivity index (χ1v) is 11.5. The number of amides is 2. The number of primary amides is 1. The number of carbonyl (C=O) groups excluding carboxylic acids is 2. The lowest BCUT2D eigenvalue weighted by Crippen LogP contribution is -2.49. The van der Waals surface area contributed by atoms with Gasteiger partial charge in [-0.15, -0.1) is 0 Å². The molecule has 1 atom stereocenters. The van der Waals surface area contributed by atoms with E-state index in [1.54, 1.807) is 43.6 Å². The van der Waals surface area contributed by atoms with Crippen LogP contribution in [0.1, 0.15) is 34.5 Å². The summed E-state index contributed by atoms with van der Waals surface area (Å²) in [6.45, 7) is 3.09. The molecule has 1 unspecified atom stereocenters. The van der Waals surface area contributed by atoms with E-state index in [2.05, 4.69) is 9.97 Å². The van der Waals surface area contributed by atoms with E-state index < -0.39 is 17.8 Å². The van der Waals surface area contributed by atoms with Crippen LogP contribution in [-0.2, 0) is 14.9 Å². The van der Waals surface area contributed by atoms with Crippen molar-refractivity contribution in [2.75, 3.05) is 38.3 Å². The summed E-state index contributed by atoms with van der Waals surface area (Å²) in [4.78, 5) is 36.3. The smallest absolute Gasteiger partial charge is 0.254 e. The lowest BCUT2D eigenvalue weighted by molar-refractivity contribution is -0.118. The number of anilines is 2. The summed E-state index contributed by atoms with van der Waals surface area (Å²) in [7, 11) is 1.52.